The molecule has 1 aromatic carbocycles. The third-order valence-electron chi connectivity index (χ3n) is 2.65. The van der Waals surface area contributed by atoms with Crippen LogP contribution in [0.15, 0.2) is 12.1 Å². The zero-order chi connectivity index (χ0) is 10.8. The Hall–Kier alpha value is -0.640. The summed E-state index contributed by atoms with van der Waals surface area (Å²) in [5.74, 6) is -0.905. The fourth-order valence-electron chi connectivity index (χ4n) is 1.94. The van der Waals surface area contributed by atoms with Crippen molar-refractivity contribution >= 4 is 21.6 Å². The van der Waals surface area contributed by atoms with Gasteiger partial charge in [-0.3, -0.25) is 0 Å². The Kier molecular flexibility index (Phi) is 3.24. The lowest BCUT2D eigenvalue weighted by atomic mass is 10.2. The SMILES string of the molecule is Fc1cc(CBr)cc(F)c1N1CCCC1. The zero-order valence-corrected chi connectivity index (χ0v) is 9.86. The molecular formula is C11H12BrF2N. The van der Waals surface area contributed by atoms with Crippen molar-refractivity contribution in [2.24, 2.45) is 0 Å². The van der Waals surface area contributed by atoms with Crippen molar-refractivity contribution < 1.29 is 8.78 Å². The second kappa shape index (κ2) is 4.47. The van der Waals surface area contributed by atoms with Crippen molar-refractivity contribution in [2.45, 2.75) is 18.2 Å². The van der Waals surface area contributed by atoms with Crippen molar-refractivity contribution in [3.05, 3.63) is 29.3 Å². The summed E-state index contributed by atoms with van der Waals surface area (Å²) in [7, 11) is 0. The first-order valence-electron chi connectivity index (χ1n) is 5.01. The normalized spacial score (nSPS) is 16.1. The highest BCUT2D eigenvalue weighted by Gasteiger charge is 2.20. The van der Waals surface area contributed by atoms with E-state index in [1.54, 1.807) is 4.90 Å². The lowest BCUT2D eigenvalue weighted by Gasteiger charge is -2.19. The molecule has 0 aromatic heterocycles. The highest BCUT2D eigenvalue weighted by Crippen LogP contribution is 2.28. The van der Waals surface area contributed by atoms with Gasteiger partial charge in [-0.2, -0.15) is 0 Å². The first-order chi connectivity index (χ1) is 7.22. The van der Waals surface area contributed by atoms with Crippen molar-refractivity contribution in [3.63, 3.8) is 0 Å². The van der Waals surface area contributed by atoms with Gasteiger partial charge in [-0.25, -0.2) is 8.78 Å². The number of hydrogen-bond acceptors (Lipinski definition) is 1. The summed E-state index contributed by atoms with van der Waals surface area (Å²) in [6, 6.07) is 2.79. The molecule has 0 amide bonds. The fourth-order valence-corrected chi connectivity index (χ4v) is 2.26. The molecule has 15 heavy (non-hydrogen) atoms. The monoisotopic (exact) mass is 275 g/mol. The van der Waals surface area contributed by atoms with Gasteiger partial charge in [0.2, 0.25) is 0 Å². The van der Waals surface area contributed by atoms with Gasteiger partial charge in [-0.15, -0.1) is 0 Å². The number of halogens is 3. The molecule has 0 N–H and O–H groups in total. The molecule has 0 bridgehead atoms. The maximum Gasteiger partial charge on any atom is 0.149 e. The molecule has 0 aliphatic carbocycles. The molecule has 1 heterocycles. The molecule has 82 valence electrons. The van der Waals surface area contributed by atoms with E-state index in [-0.39, 0.29) is 5.69 Å². The molecule has 0 saturated carbocycles. The van der Waals surface area contributed by atoms with E-state index >= 15 is 0 Å². The van der Waals surface area contributed by atoms with E-state index in [2.05, 4.69) is 15.9 Å². The van der Waals surface area contributed by atoms with E-state index in [9.17, 15) is 8.78 Å². The number of rotatable bonds is 2. The highest BCUT2D eigenvalue weighted by molar-refractivity contribution is 9.08. The Morgan fingerprint density at radius 3 is 2.13 bits per heavy atom. The number of benzene rings is 1. The van der Waals surface area contributed by atoms with Gasteiger partial charge in [0, 0.05) is 18.4 Å². The molecule has 0 unspecified atom stereocenters. The molecule has 1 fully saturated rings. The van der Waals surface area contributed by atoms with Crippen molar-refractivity contribution in [1.29, 1.82) is 0 Å². The predicted molar refractivity (Wildman–Crippen MR) is 60.4 cm³/mol. The van der Waals surface area contributed by atoms with Gasteiger partial charge >= 0.3 is 0 Å². The lowest BCUT2D eigenvalue weighted by molar-refractivity contribution is 0.575. The van der Waals surface area contributed by atoms with Crippen molar-refractivity contribution in [1.82, 2.24) is 0 Å². The summed E-state index contributed by atoms with van der Waals surface area (Å²) >= 11 is 3.19. The van der Waals surface area contributed by atoms with Crippen LogP contribution in [0.3, 0.4) is 0 Å². The van der Waals surface area contributed by atoms with Gasteiger partial charge in [-0.1, -0.05) is 15.9 Å². The van der Waals surface area contributed by atoms with Gasteiger partial charge in [0.25, 0.3) is 0 Å². The van der Waals surface area contributed by atoms with Crippen LogP contribution in [0, 0.1) is 11.6 Å². The Morgan fingerprint density at radius 2 is 1.67 bits per heavy atom. The highest BCUT2D eigenvalue weighted by atomic mass is 79.9. The number of anilines is 1. The molecule has 1 aliphatic rings. The van der Waals surface area contributed by atoms with Crippen LogP contribution in [0.2, 0.25) is 0 Å². The molecule has 0 atom stereocenters. The zero-order valence-electron chi connectivity index (χ0n) is 8.27. The predicted octanol–water partition coefficient (Wildman–Crippen LogP) is 3.46. The van der Waals surface area contributed by atoms with Crippen molar-refractivity contribution in [3.8, 4) is 0 Å². The van der Waals surface area contributed by atoms with Gasteiger partial charge in [0.1, 0.15) is 17.3 Å². The summed E-state index contributed by atoms with van der Waals surface area (Å²) < 4.78 is 27.3. The largest absolute Gasteiger partial charge is 0.367 e. The van der Waals surface area contributed by atoms with E-state index in [4.69, 9.17) is 0 Å². The van der Waals surface area contributed by atoms with Gasteiger partial charge in [0.15, 0.2) is 0 Å². The van der Waals surface area contributed by atoms with Crippen LogP contribution in [0.4, 0.5) is 14.5 Å². The summed E-state index contributed by atoms with van der Waals surface area (Å²) in [6.07, 6.45) is 2.03. The van der Waals surface area contributed by atoms with Gasteiger partial charge < -0.3 is 4.90 Å². The topological polar surface area (TPSA) is 3.24 Å². The van der Waals surface area contributed by atoms with Crippen LogP contribution in [0.25, 0.3) is 0 Å². The lowest BCUT2D eigenvalue weighted by Crippen LogP contribution is -2.20. The van der Waals surface area contributed by atoms with Crippen molar-refractivity contribution in [2.75, 3.05) is 18.0 Å². The van der Waals surface area contributed by atoms with Crippen LogP contribution in [-0.4, -0.2) is 13.1 Å². The van der Waals surface area contributed by atoms with E-state index in [1.807, 2.05) is 0 Å². The Balaban J connectivity index is 2.37. The van der Waals surface area contributed by atoms with E-state index in [1.165, 1.54) is 12.1 Å². The maximum atomic E-state index is 13.6. The smallest absolute Gasteiger partial charge is 0.149 e. The van der Waals surface area contributed by atoms with Gasteiger partial charge in [0.05, 0.1) is 0 Å². The quantitative estimate of drug-likeness (QED) is 0.748. The van der Waals surface area contributed by atoms with E-state index in [0.717, 1.165) is 25.9 Å². The van der Waals surface area contributed by atoms with E-state index < -0.39 is 11.6 Å². The molecule has 4 heteroatoms. The third kappa shape index (κ3) is 2.14. The Labute approximate surface area is 96.2 Å². The molecule has 2 rings (SSSR count). The molecule has 1 saturated heterocycles. The fraction of sp³-hybridized carbons (Fsp3) is 0.455. The second-order valence-electron chi connectivity index (χ2n) is 3.74. The van der Waals surface area contributed by atoms with Crippen LogP contribution >= 0.6 is 15.9 Å². The summed E-state index contributed by atoms with van der Waals surface area (Å²) in [6.45, 7) is 1.50. The number of nitrogens with zero attached hydrogens (tertiary/aromatic N) is 1. The first-order valence-corrected chi connectivity index (χ1v) is 6.13. The van der Waals surface area contributed by atoms with Crippen LogP contribution in [0.1, 0.15) is 18.4 Å². The van der Waals surface area contributed by atoms with E-state index in [0.29, 0.717) is 10.9 Å². The second-order valence-corrected chi connectivity index (χ2v) is 4.30. The first kappa shape index (κ1) is 10.9. The van der Waals surface area contributed by atoms with Gasteiger partial charge in [-0.05, 0) is 30.5 Å². The minimum absolute atomic E-state index is 0.136. The van der Waals surface area contributed by atoms with Crippen LogP contribution in [0.5, 0.6) is 0 Å². The standard InChI is InChI=1S/C11H12BrF2N/c12-7-8-5-9(13)11(10(14)6-8)15-3-1-2-4-15/h5-6H,1-4,7H2. The number of alkyl halides is 1. The van der Waals surface area contributed by atoms with Crippen LogP contribution in [-0.2, 0) is 5.33 Å². The molecular weight excluding hydrogens is 264 g/mol. The molecule has 1 aromatic rings. The Bertz CT molecular complexity index is 339. The average molecular weight is 276 g/mol. The minimum Gasteiger partial charge on any atom is -0.367 e. The Morgan fingerprint density at radius 1 is 1.13 bits per heavy atom. The van der Waals surface area contributed by atoms with Crippen LogP contribution < -0.4 is 4.90 Å². The molecule has 0 spiro atoms. The molecule has 0 radical (unpaired) electrons. The summed E-state index contributed by atoms with van der Waals surface area (Å²) in [5.41, 5.74) is 0.769. The maximum absolute atomic E-state index is 13.6. The molecule has 1 nitrogen and oxygen atoms in total. The summed E-state index contributed by atoms with van der Waals surface area (Å²) in [4.78, 5) is 1.78. The third-order valence-corrected chi connectivity index (χ3v) is 3.30. The average Bonchev–Trinajstić information content (AvgIpc) is 2.69. The summed E-state index contributed by atoms with van der Waals surface area (Å²) in [5, 5.41) is 0.473. The minimum atomic E-state index is -0.452. The number of hydrogen-bond donors (Lipinski definition) is 0. The molecule has 1 aliphatic heterocycles.